The van der Waals surface area contributed by atoms with Crippen LogP contribution in [-0.2, 0) is 11.3 Å². The highest BCUT2D eigenvalue weighted by atomic mass is 32.1. The Morgan fingerprint density at radius 1 is 1.18 bits per heavy atom. The number of amides is 1. The van der Waals surface area contributed by atoms with Crippen LogP contribution >= 0.6 is 23.1 Å². The summed E-state index contributed by atoms with van der Waals surface area (Å²) in [4.78, 5) is 26.0. The third-order valence-electron chi connectivity index (χ3n) is 4.34. The van der Waals surface area contributed by atoms with Crippen molar-refractivity contribution in [2.75, 3.05) is 11.9 Å². The van der Waals surface area contributed by atoms with Crippen LogP contribution in [0.4, 0.5) is 5.00 Å². The zero-order chi connectivity index (χ0) is 20.4. The van der Waals surface area contributed by atoms with E-state index in [9.17, 15) is 9.59 Å². The van der Waals surface area contributed by atoms with Crippen LogP contribution in [-0.4, -0.2) is 42.2 Å². The maximum atomic E-state index is 12.8. The summed E-state index contributed by atoms with van der Waals surface area (Å²) in [6.07, 6.45) is 0. The summed E-state index contributed by atoms with van der Waals surface area (Å²) in [7, 11) is 0. The zero-order valence-electron chi connectivity index (χ0n) is 16.2. The summed E-state index contributed by atoms with van der Waals surface area (Å²) in [6.45, 7) is 9.76. The zero-order valence-corrected chi connectivity index (χ0v) is 17.8. The van der Waals surface area contributed by atoms with Gasteiger partial charge in [-0.1, -0.05) is 5.21 Å². The minimum atomic E-state index is -0.452. The van der Waals surface area contributed by atoms with E-state index in [0.29, 0.717) is 22.8 Å². The van der Waals surface area contributed by atoms with Gasteiger partial charge in [0.1, 0.15) is 5.00 Å². The minimum absolute atomic E-state index is 0.194. The van der Waals surface area contributed by atoms with Crippen molar-refractivity contribution in [2.45, 2.75) is 41.2 Å². The molecule has 0 spiro atoms. The molecule has 1 N–H and O–H groups in total. The number of aryl methyl sites for hydroxylation is 2. The Morgan fingerprint density at radius 2 is 1.93 bits per heavy atom. The van der Waals surface area contributed by atoms with Gasteiger partial charge in [0.15, 0.2) is 5.69 Å². The van der Waals surface area contributed by atoms with E-state index in [1.54, 1.807) is 18.5 Å². The van der Waals surface area contributed by atoms with Crippen LogP contribution in [0.3, 0.4) is 0 Å². The fraction of sp³-hybridized carbons (Fsp3) is 0.412. The lowest BCUT2D eigenvalue weighted by molar-refractivity contribution is 0.0527. The van der Waals surface area contributed by atoms with Gasteiger partial charge in [-0.25, -0.2) is 9.48 Å². The molecule has 0 bridgehead atoms. The van der Waals surface area contributed by atoms with Gasteiger partial charge in [-0.15, -0.1) is 16.4 Å². The highest BCUT2D eigenvalue weighted by Crippen LogP contribution is 2.33. The first kappa shape index (κ1) is 20.1. The quantitative estimate of drug-likeness (QED) is 0.610. The van der Waals surface area contributed by atoms with Crippen LogP contribution in [0, 0.1) is 27.7 Å². The summed E-state index contributed by atoms with van der Waals surface area (Å²) < 4.78 is 15.1. The Labute approximate surface area is 170 Å². The molecule has 3 aromatic rings. The Morgan fingerprint density at radius 3 is 2.57 bits per heavy atom. The van der Waals surface area contributed by atoms with Crippen LogP contribution < -0.4 is 5.32 Å². The monoisotopic (exact) mass is 420 g/mol. The van der Waals surface area contributed by atoms with Crippen LogP contribution in [0.2, 0.25) is 0 Å². The maximum Gasteiger partial charge on any atom is 0.341 e. The number of hydrogen-bond donors (Lipinski definition) is 1. The molecule has 0 aliphatic heterocycles. The number of aromatic nitrogens is 5. The van der Waals surface area contributed by atoms with Crippen molar-refractivity contribution in [1.82, 2.24) is 23.7 Å². The molecule has 0 saturated carbocycles. The molecule has 3 heterocycles. The average Bonchev–Trinajstić information content (AvgIpc) is 3.29. The number of anilines is 1. The molecule has 148 valence electrons. The molecule has 0 aromatic carbocycles. The van der Waals surface area contributed by atoms with Crippen molar-refractivity contribution in [2.24, 2.45) is 0 Å². The van der Waals surface area contributed by atoms with Gasteiger partial charge < -0.3 is 10.1 Å². The van der Waals surface area contributed by atoms with Gasteiger partial charge in [0.25, 0.3) is 5.91 Å². The molecule has 0 saturated heterocycles. The molecule has 28 heavy (non-hydrogen) atoms. The molecular weight excluding hydrogens is 400 g/mol. The van der Waals surface area contributed by atoms with Crippen LogP contribution in [0.25, 0.3) is 0 Å². The number of nitrogens with one attached hydrogen (secondary N) is 1. The van der Waals surface area contributed by atoms with E-state index in [-0.39, 0.29) is 12.3 Å². The third-order valence-corrected chi connectivity index (χ3v) is 6.12. The van der Waals surface area contributed by atoms with E-state index in [1.165, 1.54) is 11.3 Å². The van der Waals surface area contributed by atoms with E-state index in [2.05, 4.69) is 24.4 Å². The Balaban J connectivity index is 1.84. The number of carbonyl (C=O) groups excluding carboxylic acids is 2. The summed E-state index contributed by atoms with van der Waals surface area (Å²) >= 11 is 2.47. The van der Waals surface area contributed by atoms with Gasteiger partial charge in [-0.2, -0.15) is 8.75 Å². The normalized spacial score (nSPS) is 10.9. The number of ether oxygens (including phenoxy) is 1. The molecule has 11 heteroatoms. The number of thiophene rings is 1. The molecular formula is C17H20N6O3S2. The minimum Gasteiger partial charge on any atom is -0.462 e. The van der Waals surface area contributed by atoms with Gasteiger partial charge in [0.05, 0.1) is 47.5 Å². The van der Waals surface area contributed by atoms with Crippen molar-refractivity contribution in [3.05, 3.63) is 38.8 Å². The molecule has 0 atom stereocenters. The van der Waals surface area contributed by atoms with E-state index in [0.717, 1.165) is 33.6 Å². The molecule has 3 rings (SSSR count). The second-order valence-corrected chi connectivity index (χ2v) is 7.89. The summed E-state index contributed by atoms with van der Waals surface area (Å²) in [5.74, 6) is -0.879. The molecule has 0 aliphatic rings. The number of nitrogens with zero attached hydrogens (tertiary/aromatic N) is 5. The lowest BCUT2D eigenvalue weighted by Crippen LogP contribution is -2.16. The van der Waals surface area contributed by atoms with Gasteiger partial charge in [-0.05, 0) is 40.2 Å². The molecule has 3 aromatic heterocycles. The van der Waals surface area contributed by atoms with Crippen molar-refractivity contribution >= 4 is 39.9 Å². The fourth-order valence-corrected chi connectivity index (χ4v) is 4.18. The second-order valence-electron chi connectivity index (χ2n) is 6.14. The topological polar surface area (TPSA) is 112 Å². The molecule has 1 amide bonds. The number of esters is 1. The maximum absolute atomic E-state index is 12.8. The average molecular weight is 421 g/mol. The van der Waals surface area contributed by atoms with E-state index in [4.69, 9.17) is 4.74 Å². The van der Waals surface area contributed by atoms with Crippen molar-refractivity contribution in [1.29, 1.82) is 0 Å². The Kier molecular flexibility index (Phi) is 5.84. The van der Waals surface area contributed by atoms with Crippen molar-refractivity contribution in [3.63, 3.8) is 0 Å². The van der Waals surface area contributed by atoms with E-state index >= 15 is 0 Å². The lowest BCUT2D eigenvalue weighted by Gasteiger charge is -2.06. The smallest absolute Gasteiger partial charge is 0.341 e. The first-order valence-electron chi connectivity index (χ1n) is 8.60. The standard InChI is InChI=1S/C17H20N6O3S2/c1-6-26-17(25)13-8(2)11(5)27-16(13)18-15(24)14-10(4)23(22-19-14)7-12-9(3)20-28-21-12/h6-7H2,1-5H3,(H,18,24). The Hall–Kier alpha value is -2.66. The SMILES string of the molecule is CCOC(=O)c1c(NC(=O)c2nnn(Cc3nsnc3C)c2C)sc(C)c1C. The fourth-order valence-electron chi connectivity index (χ4n) is 2.58. The summed E-state index contributed by atoms with van der Waals surface area (Å²) in [5.41, 5.74) is 3.60. The number of carbonyl (C=O) groups is 2. The van der Waals surface area contributed by atoms with E-state index < -0.39 is 11.9 Å². The predicted octanol–water partition coefficient (Wildman–Crippen LogP) is 2.90. The molecule has 0 radical (unpaired) electrons. The van der Waals surface area contributed by atoms with Crippen LogP contribution in [0.1, 0.15) is 55.3 Å². The molecule has 9 nitrogen and oxygen atoms in total. The molecule has 0 fully saturated rings. The van der Waals surface area contributed by atoms with Gasteiger partial charge >= 0.3 is 5.97 Å². The predicted molar refractivity (Wildman–Crippen MR) is 106 cm³/mol. The van der Waals surface area contributed by atoms with Gasteiger partial charge in [-0.3, -0.25) is 4.79 Å². The first-order valence-corrected chi connectivity index (χ1v) is 10.1. The van der Waals surface area contributed by atoms with Gasteiger partial charge in [0.2, 0.25) is 0 Å². The lowest BCUT2D eigenvalue weighted by atomic mass is 10.1. The largest absolute Gasteiger partial charge is 0.462 e. The van der Waals surface area contributed by atoms with Gasteiger partial charge in [0, 0.05) is 4.88 Å². The summed E-state index contributed by atoms with van der Waals surface area (Å²) in [5, 5.41) is 11.3. The number of hydrogen-bond acceptors (Lipinski definition) is 9. The van der Waals surface area contributed by atoms with Crippen molar-refractivity contribution < 1.29 is 14.3 Å². The van der Waals surface area contributed by atoms with Crippen LogP contribution in [0.5, 0.6) is 0 Å². The third kappa shape index (κ3) is 3.80. The highest BCUT2D eigenvalue weighted by molar-refractivity contribution is 7.16. The number of rotatable bonds is 6. The van der Waals surface area contributed by atoms with E-state index in [1.807, 2.05) is 20.8 Å². The van der Waals surface area contributed by atoms with Crippen LogP contribution in [0.15, 0.2) is 0 Å². The first-order chi connectivity index (χ1) is 13.3. The molecule has 0 aliphatic carbocycles. The summed E-state index contributed by atoms with van der Waals surface area (Å²) in [6, 6.07) is 0. The van der Waals surface area contributed by atoms with Crippen molar-refractivity contribution in [3.8, 4) is 0 Å². The molecule has 0 unspecified atom stereocenters. The Bertz CT molecular complexity index is 1040. The highest BCUT2D eigenvalue weighted by Gasteiger charge is 2.24. The second kappa shape index (κ2) is 8.15.